The number of para-hydroxylation sites is 1. The molecule has 0 bridgehead atoms. The molecular weight excluding hydrogens is 415 g/mol. The van der Waals surface area contributed by atoms with Crippen molar-refractivity contribution in [2.75, 3.05) is 37.6 Å². The molecule has 0 aliphatic carbocycles. The lowest BCUT2D eigenvalue weighted by molar-refractivity contribution is 0.0625. The summed E-state index contributed by atoms with van der Waals surface area (Å²) in [4.78, 5) is 23.6. The highest BCUT2D eigenvalue weighted by Gasteiger charge is 2.24. The van der Waals surface area contributed by atoms with Crippen molar-refractivity contribution >= 4 is 23.4 Å². The number of carbonyl (C=O) groups excluding carboxylic acids is 1. The summed E-state index contributed by atoms with van der Waals surface area (Å²) in [5.41, 5.74) is 5.74. The number of piperazine rings is 1. The molecule has 1 aromatic heterocycles. The summed E-state index contributed by atoms with van der Waals surface area (Å²) < 4.78 is 13.9. The Labute approximate surface area is 193 Å². The Kier molecular flexibility index (Phi) is 5.92. The minimum Gasteiger partial charge on any atom is -0.337 e. The summed E-state index contributed by atoms with van der Waals surface area (Å²) in [7, 11) is 0. The van der Waals surface area contributed by atoms with Gasteiger partial charge < -0.3 is 9.80 Å². The van der Waals surface area contributed by atoms with E-state index in [0.29, 0.717) is 44.0 Å². The Balaban J connectivity index is 1.25. The smallest absolute Gasteiger partial charge is 0.253 e. The number of hydrogen-bond donors (Lipinski definition) is 0. The topological polar surface area (TPSA) is 39.7 Å². The molecule has 2 aromatic carbocycles. The van der Waals surface area contributed by atoms with Crippen LogP contribution in [0.3, 0.4) is 0 Å². The van der Waals surface area contributed by atoms with Crippen molar-refractivity contribution in [3.05, 3.63) is 95.1 Å². The first kappa shape index (κ1) is 21.3. The first-order chi connectivity index (χ1) is 16.1. The summed E-state index contributed by atoms with van der Waals surface area (Å²) in [6, 6.07) is 17.4. The van der Waals surface area contributed by atoms with Crippen LogP contribution in [0.4, 0.5) is 15.8 Å². The third-order valence-corrected chi connectivity index (χ3v) is 6.42. The number of aromatic nitrogens is 1. The van der Waals surface area contributed by atoms with Crippen LogP contribution in [0.15, 0.2) is 66.9 Å². The van der Waals surface area contributed by atoms with Gasteiger partial charge in [-0.25, -0.2) is 4.39 Å². The van der Waals surface area contributed by atoms with Crippen LogP contribution in [0, 0.1) is 12.7 Å². The van der Waals surface area contributed by atoms with E-state index in [4.69, 9.17) is 0 Å². The highest BCUT2D eigenvalue weighted by Crippen LogP contribution is 2.34. The quantitative estimate of drug-likeness (QED) is 0.590. The summed E-state index contributed by atoms with van der Waals surface area (Å²) in [5, 5.41) is 0. The second kappa shape index (κ2) is 9.16. The number of fused-ring (bicyclic) bond motifs is 1. The zero-order valence-corrected chi connectivity index (χ0v) is 18.7. The number of halogens is 1. The van der Waals surface area contributed by atoms with E-state index in [1.807, 2.05) is 23.1 Å². The molecule has 0 radical (unpaired) electrons. The fourth-order valence-electron chi connectivity index (χ4n) is 4.62. The van der Waals surface area contributed by atoms with Crippen LogP contribution < -0.4 is 4.90 Å². The summed E-state index contributed by atoms with van der Waals surface area (Å²) in [6.45, 7) is 5.99. The maximum Gasteiger partial charge on any atom is 0.253 e. The fraction of sp³-hybridized carbons (Fsp3) is 0.259. The van der Waals surface area contributed by atoms with Crippen LogP contribution in [0.2, 0.25) is 0 Å². The van der Waals surface area contributed by atoms with Crippen molar-refractivity contribution < 1.29 is 9.18 Å². The lowest BCUT2D eigenvalue weighted by atomic mass is 10.0. The summed E-state index contributed by atoms with van der Waals surface area (Å²) >= 11 is 0. The SMILES string of the molecule is Cc1cc(C(=O)N2CCN(Cc3ncccc3F)CC2)ccc1N1CC=Cc2ccccc21. The fourth-order valence-corrected chi connectivity index (χ4v) is 4.62. The van der Waals surface area contributed by atoms with Crippen LogP contribution in [0.1, 0.15) is 27.2 Å². The van der Waals surface area contributed by atoms with Crippen LogP contribution >= 0.6 is 0 Å². The minimum absolute atomic E-state index is 0.0484. The first-order valence-electron chi connectivity index (χ1n) is 11.3. The van der Waals surface area contributed by atoms with Gasteiger partial charge in [0.05, 0.1) is 5.69 Å². The largest absolute Gasteiger partial charge is 0.337 e. The molecule has 5 nitrogen and oxygen atoms in total. The Hall–Kier alpha value is -3.51. The predicted molar refractivity (Wildman–Crippen MR) is 129 cm³/mol. The van der Waals surface area contributed by atoms with Crippen molar-refractivity contribution in [1.82, 2.24) is 14.8 Å². The van der Waals surface area contributed by atoms with Gasteiger partial charge in [-0.1, -0.05) is 30.4 Å². The van der Waals surface area contributed by atoms with Gasteiger partial charge in [0.25, 0.3) is 5.91 Å². The maximum atomic E-state index is 13.9. The number of hydrogen-bond acceptors (Lipinski definition) is 4. The zero-order valence-electron chi connectivity index (χ0n) is 18.7. The third-order valence-electron chi connectivity index (χ3n) is 6.42. The molecule has 168 valence electrons. The zero-order chi connectivity index (χ0) is 22.8. The number of benzene rings is 2. The van der Waals surface area contributed by atoms with E-state index in [2.05, 4.69) is 58.1 Å². The molecule has 2 aliphatic heterocycles. The molecular formula is C27H27FN4O. The molecule has 0 N–H and O–H groups in total. The van der Waals surface area contributed by atoms with Gasteiger partial charge in [0.2, 0.25) is 0 Å². The van der Waals surface area contributed by atoms with Gasteiger partial charge in [0.15, 0.2) is 0 Å². The van der Waals surface area contributed by atoms with Gasteiger partial charge in [-0.05, 0) is 54.4 Å². The highest BCUT2D eigenvalue weighted by molar-refractivity contribution is 5.95. The highest BCUT2D eigenvalue weighted by atomic mass is 19.1. The Bertz CT molecular complexity index is 1200. The molecule has 1 amide bonds. The van der Waals surface area contributed by atoms with E-state index in [-0.39, 0.29) is 11.7 Å². The van der Waals surface area contributed by atoms with E-state index in [9.17, 15) is 9.18 Å². The monoisotopic (exact) mass is 442 g/mol. The number of pyridine rings is 1. The first-order valence-corrected chi connectivity index (χ1v) is 11.3. The van der Waals surface area contributed by atoms with E-state index >= 15 is 0 Å². The molecule has 6 heteroatoms. The van der Waals surface area contributed by atoms with Gasteiger partial charge in [-0.2, -0.15) is 0 Å². The van der Waals surface area contributed by atoms with Crippen LogP contribution in [-0.2, 0) is 6.54 Å². The number of amides is 1. The van der Waals surface area contributed by atoms with Gasteiger partial charge in [-0.3, -0.25) is 14.7 Å². The molecule has 0 spiro atoms. The molecule has 1 fully saturated rings. The van der Waals surface area contributed by atoms with Crippen molar-refractivity contribution in [2.24, 2.45) is 0 Å². The van der Waals surface area contributed by atoms with Gasteiger partial charge in [0.1, 0.15) is 5.82 Å². The van der Waals surface area contributed by atoms with Crippen molar-refractivity contribution in [1.29, 1.82) is 0 Å². The van der Waals surface area contributed by atoms with Crippen molar-refractivity contribution in [3.8, 4) is 0 Å². The Morgan fingerprint density at radius 2 is 1.82 bits per heavy atom. The summed E-state index contributed by atoms with van der Waals surface area (Å²) in [6.07, 6.45) is 5.93. The molecule has 1 saturated heterocycles. The second-order valence-electron chi connectivity index (χ2n) is 8.57. The standard InChI is InChI=1S/C27H27FN4O/c1-20-18-22(10-11-25(20)32-13-5-7-21-6-2-3-9-26(21)32)27(33)31-16-14-30(15-17-31)19-24-23(28)8-4-12-29-24/h2-12,18H,13-17,19H2,1H3. The molecule has 0 atom stereocenters. The van der Waals surface area contributed by atoms with Gasteiger partial charge in [-0.15, -0.1) is 0 Å². The van der Waals surface area contributed by atoms with Crippen LogP contribution in [0.5, 0.6) is 0 Å². The lowest BCUT2D eigenvalue weighted by Crippen LogP contribution is -2.48. The normalized spacial score (nSPS) is 16.1. The summed E-state index contributed by atoms with van der Waals surface area (Å²) in [5.74, 6) is -0.231. The van der Waals surface area contributed by atoms with E-state index in [0.717, 1.165) is 17.8 Å². The Morgan fingerprint density at radius 1 is 1.00 bits per heavy atom. The molecule has 3 aromatic rings. The number of nitrogens with zero attached hydrogens (tertiary/aromatic N) is 4. The molecule has 3 heterocycles. The van der Waals surface area contributed by atoms with E-state index in [1.54, 1.807) is 12.3 Å². The molecule has 0 unspecified atom stereocenters. The average molecular weight is 443 g/mol. The minimum atomic E-state index is -0.279. The predicted octanol–water partition coefficient (Wildman–Crippen LogP) is 4.65. The van der Waals surface area contributed by atoms with Crippen molar-refractivity contribution in [2.45, 2.75) is 13.5 Å². The number of rotatable bonds is 4. The molecule has 5 rings (SSSR count). The van der Waals surface area contributed by atoms with E-state index < -0.39 is 0 Å². The number of aryl methyl sites for hydroxylation is 1. The Morgan fingerprint density at radius 3 is 2.61 bits per heavy atom. The van der Waals surface area contributed by atoms with Crippen LogP contribution in [0.25, 0.3) is 6.08 Å². The molecule has 33 heavy (non-hydrogen) atoms. The molecule has 0 saturated carbocycles. The number of anilines is 2. The molecule has 2 aliphatic rings. The van der Waals surface area contributed by atoms with Gasteiger partial charge >= 0.3 is 0 Å². The maximum absolute atomic E-state index is 13.9. The lowest BCUT2D eigenvalue weighted by Gasteiger charge is -2.35. The van der Waals surface area contributed by atoms with E-state index in [1.165, 1.54) is 17.3 Å². The van der Waals surface area contributed by atoms with Crippen molar-refractivity contribution in [3.63, 3.8) is 0 Å². The van der Waals surface area contributed by atoms with Gasteiger partial charge in [0, 0.05) is 62.4 Å². The number of carbonyl (C=O) groups is 1. The van der Waals surface area contributed by atoms with Crippen LogP contribution in [-0.4, -0.2) is 53.4 Å². The average Bonchev–Trinajstić information content (AvgIpc) is 2.85. The third kappa shape index (κ3) is 4.39. The second-order valence-corrected chi connectivity index (χ2v) is 8.57.